The first-order valence-corrected chi connectivity index (χ1v) is 9.43. The Hall–Kier alpha value is -2.21. The average molecular weight is 422 g/mol. The maximum atomic E-state index is 12.7. The molecular weight excluding hydrogens is 398 g/mol. The molecule has 0 saturated carbocycles. The molecule has 0 unspecified atom stereocenters. The fourth-order valence-electron chi connectivity index (χ4n) is 2.30. The Bertz CT molecular complexity index is 749. The van der Waals surface area contributed by atoms with Crippen LogP contribution in [-0.2, 0) is 0 Å². The summed E-state index contributed by atoms with van der Waals surface area (Å²) in [7, 11) is 1.55. The van der Waals surface area contributed by atoms with E-state index >= 15 is 0 Å². The lowest BCUT2D eigenvalue weighted by Gasteiger charge is -2.15. The zero-order valence-corrected chi connectivity index (χ0v) is 16.9. The number of methoxy groups -OCH3 is 1. The highest BCUT2D eigenvalue weighted by Gasteiger charge is 2.16. The van der Waals surface area contributed by atoms with Crippen molar-refractivity contribution in [2.45, 2.75) is 26.7 Å². The molecule has 26 heavy (non-hydrogen) atoms. The van der Waals surface area contributed by atoms with Crippen molar-refractivity contribution in [3.8, 4) is 17.2 Å². The topological polar surface area (TPSA) is 56.8 Å². The lowest BCUT2D eigenvalue weighted by atomic mass is 10.1. The number of carbonyl (C=O) groups excluding carboxylic acids is 1. The molecule has 0 aliphatic rings. The van der Waals surface area contributed by atoms with Gasteiger partial charge in [0.05, 0.1) is 30.5 Å². The van der Waals surface area contributed by atoms with Gasteiger partial charge >= 0.3 is 0 Å². The molecule has 0 radical (unpaired) electrons. The van der Waals surface area contributed by atoms with Gasteiger partial charge in [-0.25, -0.2) is 0 Å². The zero-order chi connectivity index (χ0) is 18.9. The summed E-state index contributed by atoms with van der Waals surface area (Å²) < 4.78 is 17.4. The van der Waals surface area contributed by atoms with E-state index in [0.29, 0.717) is 46.2 Å². The van der Waals surface area contributed by atoms with Gasteiger partial charge in [0.2, 0.25) is 0 Å². The maximum absolute atomic E-state index is 12.7. The summed E-state index contributed by atoms with van der Waals surface area (Å²) in [5.74, 6) is 1.50. The van der Waals surface area contributed by atoms with Crippen molar-refractivity contribution in [3.63, 3.8) is 0 Å². The van der Waals surface area contributed by atoms with E-state index in [2.05, 4.69) is 21.2 Å². The smallest absolute Gasteiger partial charge is 0.255 e. The Morgan fingerprint density at radius 2 is 1.73 bits per heavy atom. The highest BCUT2D eigenvalue weighted by molar-refractivity contribution is 9.10. The van der Waals surface area contributed by atoms with E-state index in [0.717, 1.165) is 12.8 Å². The number of nitrogens with one attached hydrogen (secondary N) is 1. The second kappa shape index (κ2) is 10.1. The molecule has 6 heteroatoms. The maximum Gasteiger partial charge on any atom is 0.255 e. The van der Waals surface area contributed by atoms with Gasteiger partial charge in [0.1, 0.15) is 5.75 Å². The molecule has 2 rings (SSSR count). The third-order valence-electron chi connectivity index (χ3n) is 3.54. The van der Waals surface area contributed by atoms with Crippen molar-refractivity contribution in [1.82, 2.24) is 0 Å². The molecule has 2 aromatic carbocycles. The first-order chi connectivity index (χ1) is 12.6. The molecule has 0 atom stereocenters. The quantitative estimate of drug-likeness (QED) is 0.597. The molecule has 0 aromatic heterocycles. The van der Waals surface area contributed by atoms with Gasteiger partial charge in [0.25, 0.3) is 5.91 Å². The second-order valence-corrected chi connectivity index (χ2v) is 6.49. The Kier molecular flexibility index (Phi) is 7.78. The Labute approximate surface area is 162 Å². The number of amides is 1. The van der Waals surface area contributed by atoms with Crippen LogP contribution < -0.4 is 19.5 Å². The Morgan fingerprint density at radius 3 is 2.42 bits per heavy atom. The number of halogens is 1. The van der Waals surface area contributed by atoms with Gasteiger partial charge in [0, 0.05) is 5.56 Å². The van der Waals surface area contributed by atoms with Gasteiger partial charge < -0.3 is 19.5 Å². The SMILES string of the molecule is CCCOc1ccccc1NC(=O)c1cc(Br)c(OCCC)c(OC)c1. The predicted molar refractivity (Wildman–Crippen MR) is 107 cm³/mol. The van der Waals surface area contributed by atoms with E-state index in [-0.39, 0.29) is 5.91 Å². The minimum atomic E-state index is -0.251. The lowest BCUT2D eigenvalue weighted by molar-refractivity contribution is 0.102. The van der Waals surface area contributed by atoms with Gasteiger partial charge in [-0.05, 0) is 53.0 Å². The van der Waals surface area contributed by atoms with Gasteiger partial charge in [-0.3, -0.25) is 4.79 Å². The monoisotopic (exact) mass is 421 g/mol. The van der Waals surface area contributed by atoms with Crippen LogP contribution in [0.15, 0.2) is 40.9 Å². The van der Waals surface area contributed by atoms with Crippen LogP contribution in [0.5, 0.6) is 17.2 Å². The summed E-state index contributed by atoms with van der Waals surface area (Å²) >= 11 is 3.46. The van der Waals surface area contributed by atoms with Crippen LogP contribution >= 0.6 is 15.9 Å². The van der Waals surface area contributed by atoms with Gasteiger partial charge in [0.15, 0.2) is 11.5 Å². The molecule has 140 valence electrons. The second-order valence-electron chi connectivity index (χ2n) is 5.64. The Morgan fingerprint density at radius 1 is 1.04 bits per heavy atom. The summed E-state index contributed by atoms with van der Waals surface area (Å²) in [6.07, 6.45) is 1.78. The number of anilines is 1. The van der Waals surface area contributed by atoms with Crippen LogP contribution in [0.2, 0.25) is 0 Å². The number of benzene rings is 2. The molecule has 5 nitrogen and oxygen atoms in total. The number of carbonyl (C=O) groups is 1. The molecule has 0 heterocycles. The van der Waals surface area contributed by atoms with Crippen molar-refractivity contribution in [2.24, 2.45) is 0 Å². The minimum absolute atomic E-state index is 0.251. The summed E-state index contributed by atoms with van der Waals surface area (Å²) in [6.45, 7) is 5.23. The normalized spacial score (nSPS) is 10.3. The molecule has 0 spiro atoms. The number of hydrogen-bond donors (Lipinski definition) is 1. The number of ether oxygens (including phenoxy) is 3. The van der Waals surface area contributed by atoms with Crippen LogP contribution in [0.4, 0.5) is 5.69 Å². The van der Waals surface area contributed by atoms with Crippen molar-refractivity contribution in [3.05, 3.63) is 46.4 Å². The van der Waals surface area contributed by atoms with Gasteiger partial charge in [-0.15, -0.1) is 0 Å². The van der Waals surface area contributed by atoms with Gasteiger partial charge in [-0.2, -0.15) is 0 Å². The predicted octanol–water partition coefficient (Wildman–Crippen LogP) is 5.29. The molecule has 0 saturated heterocycles. The number of hydrogen-bond acceptors (Lipinski definition) is 4. The minimum Gasteiger partial charge on any atom is -0.493 e. The molecule has 1 N–H and O–H groups in total. The molecule has 1 amide bonds. The average Bonchev–Trinajstić information content (AvgIpc) is 2.65. The summed E-state index contributed by atoms with van der Waals surface area (Å²) in [5, 5.41) is 2.90. The molecule has 0 fully saturated rings. The molecular formula is C20H24BrNO4. The van der Waals surface area contributed by atoms with E-state index in [9.17, 15) is 4.79 Å². The number of rotatable bonds is 9. The molecule has 0 bridgehead atoms. The first kappa shape index (κ1) is 20.1. The van der Waals surface area contributed by atoms with E-state index < -0.39 is 0 Å². The van der Waals surface area contributed by atoms with E-state index in [1.807, 2.05) is 38.1 Å². The summed E-state index contributed by atoms with van der Waals surface area (Å²) in [5.41, 5.74) is 1.09. The van der Waals surface area contributed by atoms with Crippen LogP contribution in [0.3, 0.4) is 0 Å². The van der Waals surface area contributed by atoms with Gasteiger partial charge in [-0.1, -0.05) is 26.0 Å². The fraction of sp³-hybridized carbons (Fsp3) is 0.350. The highest BCUT2D eigenvalue weighted by Crippen LogP contribution is 2.37. The van der Waals surface area contributed by atoms with Crippen molar-refractivity contribution in [1.29, 1.82) is 0 Å². The zero-order valence-electron chi connectivity index (χ0n) is 15.3. The lowest BCUT2D eigenvalue weighted by Crippen LogP contribution is -2.13. The van der Waals surface area contributed by atoms with Crippen molar-refractivity contribution < 1.29 is 19.0 Å². The standard InChI is InChI=1S/C20H24BrNO4/c1-4-10-25-17-9-7-6-8-16(17)22-20(23)14-12-15(21)19(26-11-5-2)18(13-14)24-3/h6-9,12-13H,4-5,10-11H2,1-3H3,(H,22,23). The van der Waals surface area contributed by atoms with Crippen LogP contribution in [-0.4, -0.2) is 26.2 Å². The third kappa shape index (κ3) is 5.14. The number of para-hydroxylation sites is 2. The van der Waals surface area contributed by atoms with Crippen molar-refractivity contribution in [2.75, 3.05) is 25.6 Å². The largest absolute Gasteiger partial charge is 0.493 e. The van der Waals surface area contributed by atoms with E-state index in [1.165, 1.54) is 0 Å². The molecule has 2 aromatic rings. The highest BCUT2D eigenvalue weighted by atomic mass is 79.9. The summed E-state index contributed by atoms with van der Waals surface area (Å²) in [4.78, 5) is 12.7. The van der Waals surface area contributed by atoms with E-state index in [4.69, 9.17) is 14.2 Å². The molecule has 0 aliphatic heterocycles. The first-order valence-electron chi connectivity index (χ1n) is 8.64. The van der Waals surface area contributed by atoms with Crippen LogP contribution in [0.1, 0.15) is 37.0 Å². The summed E-state index contributed by atoms with van der Waals surface area (Å²) in [6, 6.07) is 10.8. The van der Waals surface area contributed by atoms with Crippen LogP contribution in [0.25, 0.3) is 0 Å². The van der Waals surface area contributed by atoms with Crippen LogP contribution in [0, 0.1) is 0 Å². The van der Waals surface area contributed by atoms with E-state index in [1.54, 1.807) is 19.2 Å². The third-order valence-corrected chi connectivity index (χ3v) is 4.13. The Balaban J connectivity index is 2.24. The van der Waals surface area contributed by atoms with Crippen molar-refractivity contribution >= 4 is 27.5 Å². The molecule has 0 aliphatic carbocycles. The fourth-order valence-corrected chi connectivity index (χ4v) is 2.85.